The van der Waals surface area contributed by atoms with Crippen LogP contribution in [0.3, 0.4) is 0 Å². The van der Waals surface area contributed by atoms with Crippen molar-refractivity contribution >= 4 is 29.1 Å². The number of thiazole rings is 1. The van der Waals surface area contributed by atoms with E-state index in [1.165, 1.54) is 11.8 Å². The molecule has 8 nitrogen and oxygen atoms in total. The average molecular weight is 529 g/mol. The van der Waals surface area contributed by atoms with Crippen molar-refractivity contribution in [1.82, 2.24) is 20.5 Å². The van der Waals surface area contributed by atoms with Crippen molar-refractivity contribution in [3.63, 3.8) is 0 Å². The molecule has 0 aliphatic carbocycles. The maximum Gasteiger partial charge on any atom is 0.246 e. The van der Waals surface area contributed by atoms with Crippen LogP contribution >= 0.6 is 11.3 Å². The molecule has 2 heterocycles. The van der Waals surface area contributed by atoms with Crippen LogP contribution in [0.15, 0.2) is 29.8 Å². The van der Waals surface area contributed by atoms with Gasteiger partial charge in [-0.3, -0.25) is 14.4 Å². The zero-order chi connectivity index (χ0) is 27.5. The van der Waals surface area contributed by atoms with Crippen LogP contribution < -0.4 is 10.6 Å². The highest BCUT2D eigenvalue weighted by Crippen LogP contribution is 2.33. The number of aryl methyl sites for hydroxylation is 1. The minimum absolute atomic E-state index is 0.0576. The molecule has 3 amide bonds. The number of hydrogen-bond acceptors (Lipinski definition) is 6. The summed E-state index contributed by atoms with van der Waals surface area (Å²) in [6, 6.07) is 6.09. The molecule has 0 saturated carbocycles. The molecule has 0 spiro atoms. The molecule has 202 valence electrons. The normalized spacial score (nSPS) is 19.5. The molecule has 0 unspecified atom stereocenters. The predicted octanol–water partition coefficient (Wildman–Crippen LogP) is 3.83. The second kappa shape index (κ2) is 11.7. The minimum atomic E-state index is -0.810. The summed E-state index contributed by atoms with van der Waals surface area (Å²) in [6.07, 6.45) is 0.0687. The van der Waals surface area contributed by atoms with Gasteiger partial charge in [-0.2, -0.15) is 0 Å². The Kier molecular flexibility index (Phi) is 9.13. The molecule has 1 aromatic carbocycles. The van der Waals surface area contributed by atoms with Crippen molar-refractivity contribution in [3.05, 3.63) is 41.0 Å². The molecule has 9 heteroatoms. The van der Waals surface area contributed by atoms with E-state index in [0.29, 0.717) is 12.3 Å². The van der Waals surface area contributed by atoms with E-state index in [2.05, 4.69) is 29.5 Å². The summed E-state index contributed by atoms with van der Waals surface area (Å²) < 4.78 is 0. The van der Waals surface area contributed by atoms with E-state index in [-0.39, 0.29) is 36.7 Å². The first-order valence-electron chi connectivity index (χ1n) is 12.9. The molecular formula is C28H40N4O4S. The molecular weight excluding hydrogens is 488 g/mol. The molecule has 0 radical (unpaired) electrons. The van der Waals surface area contributed by atoms with Crippen LogP contribution in [0.2, 0.25) is 0 Å². The van der Waals surface area contributed by atoms with Crippen molar-refractivity contribution < 1.29 is 19.5 Å². The number of nitrogens with zero attached hydrogens (tertiary/aromatic N) is 2. The first kappa shape index (κ1) is 28.8. The highest BCUT2D eigenvalue weighted by atomic mass is 32.1. The van der Waals surface area contributed by atoms with Crippen molar-refractivity contribution in [2.45, 2.75) is 85.5 Å². The number of benzene rings is 1. The number of aliphatic hydroxyl groups is 1. The van der Waals surface area contributed by atoms with E-state index in [1.807, 2.05) is 57.5 Å². The quantitative estimate of drug-likeness (QED) is 0.458. The van der Waals surface area contributed by atoms with Gasteiger partial charge in [0.2, 0.25) is 17.7 Å². The number of carbonyl (C=O) groups is 3. The maximum absolute atomic E-state index is 13.7. The molecule has 1 aliphatic heterocycles. The van der Waals surface area contributed by atoms with Crippen LogP contribution in [-0.2, 0) is 14.4 Å². The fourth-order valence-corrected chi connectivity index (χ4v) is 6.14. The smallest absolute Gasteiger partial charge is 0.246 e. The van der Waals surface area contributed by atoms with Gasteiger partial charge in [0.1, 0.15) is 12.1 Å². The Hall–Kier alpha value is -2.78. The second-order valence-electron chi connectivity index (χ2n) is 11.2. The standard InChI is InChI=1S/C28H40N4O4S/c1-16(2)13-28(6,7)25(31-19(5)33)27(36)32-14-22(34)12-23(32)26(35)30-17(3)20-8-10-21(11-9-20)24-18(4)29-15-37-24/h8-11,15-17,22-23,25,34H,12-14H2,1-7H3,(H,30,35)(H,31,33)/t17-,22+,23-,25+/m0/s1. The van der Waals surface area contributed by atoms with E-state index in [9.17, 15) is 19.5 Å². The van der Waals surface area contributed by atoms with Crippen LogP contribution in [-0.4, -0.2) is 57.4 Å². The fraction of sp³-hybridized carbons (Fsp3) is 0.571. The summed E-state index contributed by atoms with van der Waals surface area (Å²) in [5.41, 5.74) is 4.29. The lowest BCUT2D eigenvalue weighted by molar-refractivity contribution is -0.144. The lowest BCUT2D eigenvalue weighted by atomic mass is 9.76. The number of carbonyl (C=O) groups excluding carboxylic acids is 3. The number of β-amino-alcohol motifs (C(OH)–C–C–N with tert-alkyl or cyclic N) is 1. The van der Waals surface area contributed by atoms with Crippen molar-refractivity contribution in [2.75, 3.05) is 6.54 Å². The Morgan fingerprint density at radius 1 is 1.16 bits per heavy atom. The lowest BCUT2D eigenvalue weighted by Crippen LogP contribution is -2.58. The van der Waals surface area contributed by atoms with Gasteiger partial charge in [0, 0.05) is 19.9 Å². The van der Waals surface area contributed by atoms with Crippen molar-refractivity contribution in [2.24, 2.45) is 11.3 Å². The molecule has 1 fully saturated rings. The summed E-state index contributed by atoms with van der Waals surface area (Å²) >= 11 is 1.59. The molecule has 4 atom stereocenters. The number of nitrogens with one attached hydrogen (secondary N) is 2. The molecule has 1 aromatic heterocycles. The Labute approximate surface area is 223 Å². The van der Waals surface area contributed by atoms with Gasteiger partial charge in [-0.25, -0.2) is 4.98 Å². The van der Waals surface area contributed by atoms with Gasteiger partial charge < -0.3 is 20.6 Å². The highest BCUT2D eigenvalue weighted by Gasteiger charge is 2.45. The third-order valence-electron chi connectivity index (χ3n) is 6.95. The predicted molar refractivity (Wildman–Crippen MR) is 146 cm³/mol. The fourth-order valence-electron chi connectivity index (χ4n) is 5.33. The van der Waals surface area contributed by atoms with Gasteiger partial charge in [0.05, 0.1) is 28.2 Å². The topological polar surface area (TPSA) is 112 Å². The van der Waals surface area contributed by atoms with Gasteiger partial charge in [-0.15, -0.1) is 11.3 Å². The number of hydrogen-bond donors (Lipinski definition) is 3. The Morgan fingerprint density at radius 3 is 2.35 bits per heavy atom. The van der Waals surface area contributed by atoms with Crippen LogP contribution in [0, 0.1) is 18.3 Å². The summed E-state index contributed by atoms with van der Waals surface area (Å²) in [5.74, 6) is -0.645. The minimum Gasteiger partial charge on any atom is -0.391 e. The lowest BCUT2D eigenvalue weighted by Gasteiger charge is -2.38. The zero-order valence-corrected chi connectivity index (χ0v) is 23.7. The van der Waals surface area contributed by atoms with E-state index >= 15 is 0 Å². The Balaban J connectivity index is 1.75. The maximum atomic E-state index is 13.7. The monoisotopic (exact) mass is 528 g/mol. The summed E-state index contributed by atoms with van der Waals surface area (Å²) in [5, 5.41) is 16.2. The van der Waals surface area contributed by atoms with Crippen LogP contribution in [0.25, 0.3) is 10.4 Å². The summed E-state index contributed by atoms with van der Waals surface area (Å²) in [7, 11) is 0. The molecule has 1 aliphatic rings. The van der Waals surface area contributed by atoms with Crippen molar-refractivity contribution in [3.8, 4) is 10.4 Å². The zero-order valence-electron chi connectivity index (χ0n) is 22.9. The van der Waals surface area contributed by atoms with E-state index in [1.54, 1.807) is 11.3 Å². The highest BCUT2D eigenvalue weighted by molar-refractivity contribution is 7.13. The third-order valence-corrected chi connectivity index (χ3v) is 7.93. The van der Waals surface area contributed by atoms with E-state index < -0.39 is 23.6 Å². The first-order chi connectivity index (χ1) is 17.3. The average Bonchev–Trinajstić information content (AvgIpc) is 3.41. The summed E-state index contributed by atoms with van der Waals surface area (Å²) in [6.45, 7) is 13.4. The van der Waals surface area contributed by atoms with Gasteiger partial charge in [-0.1, -0.05) is 52.0 Å². The first-order valence-corrected chi connectivity index (χ1v) is 13.7. The van der Waals surface area contributed by atoms with Gasteiger partial charge >= 0.3 is 0 Å². The second-order valence-corrected chi connectivity index (χ2v) is 12.1. The number of aliphatic hydroxyl groups excluding tert-OH is 1. The number of aromatic nitrogens is 1. The Bertz CT molecular complexity index is 1110. The number of rotatable bonds is 9. The molecule has 37 heavy (non-hydrogen) atoms. The van der Waals surface area contributed by atoms with Crippen LogP contribution in [0.1, 0.15) is 71.7 Å². The van der Waals surface area contributed by atoms with Gasteiger partial charge in [-0.05, 0) is 42.7 Å². The van der Waals surface area contributed by atoms with E-state index in [0.717, 1.165) is 21.7 Å². The number of amides is 3. The van der Waals surface area contributed by atoms with Gasteiger partial charge in [0.25, 0.3) is 0 Å². The van der Waals surface area contributed by atoms with Crippen molar-refractivity contribution in [1.29, 1.82) is 0 Å². The SMILES string of the molecule is CC(=O)N[C@H](C(=O)N1C[C@H](O)C[C@H]1C(=O)N[C@@H](C)c1ccc(-c2scnc2C)cc1)C(C)(C)CC(C)C. The molecule has 3 rings (SSSR count). The third kappa shape index (κ3) is 6.96. The molecule has 2 aromatic rings. The number of likely N-dealkylation sites (tertiary alicyclic amines) is 1. The molecule has 1 saturated heterocycles. The van der Waals surface area contributed by atoms with Gasteiger partial charge in [0.15, 0.2) is 0 Å². The Morgan fingerprint density at radius 2 is 1.81 bits per heavy atom. The van der Waals surface area contributed by atoms with Crippen LogP contribution in [0.5, 0.6) is 0 Å². The summed E-state index contributed by atoms with van der Waals surface area (Å²) in [4.78, 5) is 45.9. The van der Waals surface area contributed by atoms with Crippen LogP contribution in [0.4, 0.5) is 0 Å². The molecule has 3 N–H and O–H groups in total. The largest absolute Gasteiger partial charge is 0.391 e. The van der Waals surface area contributed by atoms with E-state index in [4.69, 9.17) is 0 Å². The molecule has 0 bridgehead atoms.